The molecule has 0 bridgehead atoms. The number of carbonyl (C=O) groups is 1. The highest BCUT2D eigenvalue weighted by molar-refractivity contribution is 7.86. The molecule has 25 heavy (non-hydrogen) atoms. The fourth-order valence-corrected chi connectivity index (χ4v) is 4.89. The van der Waals surface area contributed by atoms with Crippen LogP contribution in [0, 0.1) is 6.92 Å². The summed E-state index contributed by atoms with van der Waals surface area (Å²) in [6.45, 7) is 4.41. The van der Waals surface area contributed by atoms with E-state index in [1.807, 2.05) is 6.92 Å². The highest BCUT2D eigenvalue weighted by Crippen LogP contribution is 2.18. The lowest BCUT2D eigenvalue weighted by atomic mass is 10.2. The molecule has 9 heteroatoms. The average Bonchev–Trinajstić information content (AvgIpc) is 2.92. The molecule has 0 aliphatic carbocycles. The monoisotopic (exact) mass is 367 g/mol. The molecule has 1 aromatic rings. The van der Waals surface area contributed by atoms with E-state index in [4.69, 9.17) is 0 Å². The van der Waals surface area contributed by atoms with E-state index in [0.717, 1.165) is 31.4 Å². The Morgan fingerprint density at radius 3 is 2.04 bits per heavy atom. The van der Waals surface area contributed by atoms with Gasteiger partial charge in [-0.05, 0) is 19.8 Å². The molecule has 2 aliphatic rings. The Bertz CT molecular complexity index is 691. The summed E-state index contributed by atoms with van der Waals surface area (Å²) in [6.07, 6.45) is 7.05. The first kappa shape index (κ1) is 18.2. The molecule has 2 aliphatic heterocycles. The van der Waals surface area contributed by atoms with Crippen molar-refractivity contribution in [1.29, 1.82) is 0 Å². The number of hydrogen-bond acceptors (Lipinski definition) is 5. The Kier molecular flexibility index (Phi) is 5.65. The number of rotatable bonds is 3. The largest absolute Gasteiger partial charge is 0.335 e. The van der Waals surface area contributed by atoms with E-state index >= 15 is 0 Å². The average molecular weight is 367 g/mol. The Balaban J connectivity index is 1.61. The van der Waals surface area contributed by atoms with Gasteiger partial charge in [0, 0.05) is 45.5 Å². The quantitative estimate of drug-likeness (QED) is 0.783. The topological polar surface area (TPSA) is 86.7 Å². The van der Waals surface area contributed by atoms with Gasteiger partial charge in [-0.25, -0.2) is 4.98 Å². The first-order chi connectivity index (χ1) is 12.0. The van der Waals surface area contributed by atoms with Gasteiger partial charge < -0.3 is 4.90 Å². The number of nitrogens with zero attached hydrogens (tertiary/aromatic N) is 5. The number of aromatic nitrogens is 2. The molecule has 0 unspecified atom stereocenters. The number of aryl methyl sites for hydroxylation is 1. The first-order valence-corrected chi connectivity index (χ1v) is 10.2. The Morgan fingerprint density at radius 1 is 0.880 bits per heavy atom. The third-order valence-corrected chi connectivity index (χ3v) is 6.78. The Hall–Kier alpha value is -1.58. The van der Waals surface area contributed by atoms with Crippen molar-refractivity contribution in [2.24, 2.45) is 0 Å². The lowest BCUT2D eigenvalue weighted by Gasteiger charge is -2.36. The minimum atomic E-state index is -3.43. The molecule has 1 aromatic heterocycles. The smallest absolute Gasteiger partial charge is 0.282 e. The molecule has 0 spiro atoms. The van der Waals surface area contributed by atoms with Crippen LogP contribution in [-0.4, -0.2) is 77.1 Å². The molecule has 2 fully saturated rings. The molecular formula is C16H25N5O3S. The molecule has 3 rings (SSSR count). The zero-order chi connectivity index (χ0) is 17.9. The number of carbonyl (C=O) groups excluding carboxylic acids is 1. The molecule has 0 aromatic carbocycles. The SMILES string of the molecule is Cc1cnc(C(=O)N2CCN(S(=O)(=O)N3CCCCCC3)CC2)cn1. The molecule has 0 saturated carbocycles. The predicted molar refractivity (Wildman–Crippen MR) is 93.2 cm³/mol. The van der Waals surface area contributed by atoms with Crippen molar-refractivity contribution in [2.75, 3.05) is 39.3 Å². The van der Waals surface area contributed by atoms with Crippen LogP contribution in [0.15, 0.2) is 12.4 Å². The van der Waals surface area contributed by atoms with Crippen LogP contribution in [0.25, 0.3) is 0 Å². The van der Waals surface area contributed by atoms with Crippen molar-refractivity contribution >= 4 is 16.1 Å². The predicted octanol–water partition coefficient (Wildman–Crippen LogP) is 0.664. The molecular weight excluding hydrogens is 342 g/mol. The van der Waals surface area contributed by atoms with E-state index in [0.29, 0.717) is 45.0 Å². The second-order valence-electron chi connectivity index (χ2n) is 6.56. The molecule has 8 nitrogen and oxygen atoms in total. The lowest BCUT2D eigenvalue weighted by Crippen LogP contribution is -2.54. The van der Waals surface area contributed by atoms with Crippen molar-refractivity contribution < 1.29 is 13.2 Å². The summed E-state index contributed by atoms with van der Waals surface area (Å²) in [7, 11) is -3.43. The molecule has 0 radical (unpaired) electrons. The van der Waals surface area contributed by atoms with Gasteiger partial charge >= 0.3 is 0 Å². The van der Waals surface area contributed by atoms with Gasteiger partial charge in [-0.1, -0.05) is 12.8 Å². The normalized spacial score (nSPS) is 21.1. The summed E-state index contributed by atoms with van der Waals surface area (Å²) >= 11 is 0. The van der Waals surface area contributed by atoms with Crippen molar-refractivity contribution in [1.82, 2.24) is 23.5 Å². The Labute approximate surface area is 149 Å². The van der Waals surface area contributed by atoms with Crippen molar-refractivity contribution in [3.05, 3.63) is 23.8 Å². The van der Waals surface area contributed by atoms with Gasteiger partial charge in [-0.2, -0.15) is 17.0 Å². The van der Waals surface area contributed by atoms with Gasteiger partial charge in [0.25, 0.3) is 16.1 Å². The van der Waals surface area contributed by atoms with Crippen molar-refractivity contribution in [2.45, 2.75) is 32.6 Å². The standard InChI is InChI=1S/C16H25N5O3S/c1-14-12-18-15(13-17-14)16(22)19-8-10-21(11-9-19)25(23,24)20-6-4-2-3-5-7-20/h12-13H,2-11H2,1H3. The highest BCUT2D eigenvalue weighted by Gasteiger charge is 2.33. The first-order valence-electron chi connectivity index (χ1n) is 8.81. The molecule has 0 N–H and O–H groups in total. The van der Waals surface area contributed by atoms with Gasteiger partial charge in [-0.3, -0.25) is 9.78 Å². The highest BCUT2D eigenvalue weighted by atomic mass is 32.2. The van der Waals surface area contributed by atoms with Crippen LogP contribution in [0.5, 0.6) is 0 Å². The fourth-order valence-electron chi connectivity index (χ4n) is 3.22. The number of hydrogen-bond donors (Lipinski definition) is 0. The maximum absolute atomic E-state index is 12.8. The third-order valence-electron chi connectivity index (χ3n) is 4.74. The molecule has 138 valence electrons. The van der Waals surface area contributed by atoms with Gasteiger partial charge in [-0.15, -0.1) is 0 Å². The maximum atomic E-state index is 12.8. The molecule has 2 saturated heterocycles. The van der Waals surface area contributed by atoms with Crippen LogP contribution in [0.4, 0.5) is 0 Å². The minimum absolute atomic E-state index is 0.195. The van der Waals surface area contributed by atoms with E-state index in [-0.39, 0.29) is 5.91 Å². The zero-order valence-corrected chi connectivity index (χ0v) is 15.4. The summed E-state index contributed by atoms with van der Waals surface area (Å²) < 4.78 is 28.7. The van der Waals surface area contributed by atoms with E-state index in [2.05, 4.69) is 9.97 Å². The minimum Gasteiger partial charge on any atom is -0.335 e. The van der Waals surface area contributed by atoms with Gasteiger partial charge in [0.05, 0.1) is 11.9 Å². The molecule has 3 heterocycles. The van der Waals surface area contributed by atoms with Crippen LogP contribution < -0.4 is 0 Å². The van der Waals surface area contributed by atoms with Crippen LogP contribution in [0.1, 0.15) is 41.9 Å². The van der Waals surface area contributed by atoms with Gasteiger partial charge in [0.2, 0.25) is 0 Å². The van der Waals surface area contributed by atoms with Crippen LogP contribution in [0.3, 0.4) is 0 Å². The van der Waals surface area contributed by atoms with Crippen molar-refractivity contribution in [3.63, 3.8) is 0 Å². The van der Waals surface area contributed by atoms with E-state index < -0.39 is 10.2 Å². The van der Waals surface area contributed by atoms with Crippen molar-refractivity contribution in [3.8, 4) is 0 Å². The number of piperazine rings is 1. The van der Waals surface area contributed by atoms with Crippen LogP contribution in [0.2, 0.25) is 0 Å². The van der Waals surface area contributed by atoms with Crippen LogP contribution >= 0.6 is 0 Å². The van der Waals surface area contributed by atoms with Crippen LogP contribution in [-0.2, 0) is 10.2 Å². The van der Waals surface area contributed by atoms with E-state index in [1.54, 1.807) is 15.4 Å². The Morgan fingerprint density at radius 2 is 1.48 bits per heavy atom. The molecule has 1 amide bonds. The maximum Gasteiger partial charge on any atom is 0.282 e. The van der Waals surface area contributed by atoms with E-state index in [9.17, 15) is 13.2 Å². The zero-order valence-electron chi connectivity index (χ0n) is 14.6. The fraction of sp³-hybridized carbons (Fsp3) is 0.688. The van der Waals surface area contributed by atoms with Gasteiger partial charge in [0.15, 0.2) is 0 Å². The summed E-state index contributed by atoms with van der Waals surface area (Å²) in [6, 6.07) is 0. The third kappa shape index (κ3) is 4.16. The molecule has 0 atom stereocenters. The second-order valence-corrected chi connectivity index (χ2v) is 8.48. The summed E-state index contributed by atoms with van der Waals surface area (Å²) in [5.74, 6) is -0.195. The van der Waals surface area contributed by atoms with Gasteiger partial charge in [0.1, 0.15) is 5.69 Å². The summed E-state index contributed by atoms with van der Waals surface area (Å²) in [5.41, 5.74) is 1.05. The lowest BCUT2D eigenvalue weighted by molar-refractivity contribution is 0.0687. The summed E-state index contributed by atoms with van der Waals surface area (Å²) in [5, 5.41) is 0. The number of amides is 1. The second kappa shape index (κ2) is 7.76. The van der Waals surface area contributed by atoms with E-state index in [1.165, 1.54) is 10.5 Å². The summed E-state index contributed by atoms with van der Waals surface area (Å²) in [4.78, 5) is 22.3.